The van der Waals surface area contributed by atoms with Crippen molar-refractivity contribution in [2.45, 2.75) is 119 Å². The Morgan fingerprint density at radius 2 is 0.989 bits per heavy atom. The number of phenols is 2. The summed E-state index contributed by atoms with van der Waals surface area (Å²) in [5, 5.41) is 49.7. The maximum Gasteiger partial charge on any atom is 0.243 e. The smallest absolute Gasteiger partial charge is 0.243 e. The number of fused-ring (bicyclic) bond motifs is 1. The van der Waals surface area contributed by atoms with Crippen molar-refractivity contribution in [1.82, 2.24) is 57.5 Å². The first-order valence-corrected chi connectivity index (χ1v) is 28.5. The number of nitrogens with one attached hydrogen (secondary N) is 11. The van der Waals surface area contributed by atoms with Gasteiger partial charge in [0.1, 0.15) is 53.8 Å². The van der Waals surface area contributed by atoms with Crippen LogP contribution in [0.3, 0.4) is 0 Å². The number of imidazole rings is 1. The number of unbranched alkanes of at least 4 members (excludes halogenated alkanes) is 1. The number of amides is 9. The number of hydrogen-bond donors (Lipinski definition) is 18. The van der Waals surface area contributed by atoms with Crippen LogP contribution in [0.1, 0.15) is 66.5 Å². The van der Waals surface area contributed by atoms with Gasteiger partial charge in [-0.2, -0.15) is 0 Å². The number of nitrogens with zero attached hydrogens (tertiary/aromatic N) is 1. The minimum atomic E-state index is -1.82. The molecule has 9 amide bonds. The van der Waals surface area contributed by atoms with Crippen molar-refractivity contribution in [2.24, 2.45) is 28.7 Å². The van der Waals surface area contributed by atoms with E-state index in [1.807, 2.05) is 24.3 Å². The Bertz CT molecular complexity index is 3330. The molecule has 468 valence electrons. The molecule has 0 unspecified atom stereocenters. The monoisotopic (exact) mass is 1210 g/mol. The van der Waals surface area contributed by atoms with Crippen LogP contribution in [-0.2, 0) is 75.3 Å². The quantitative estimate of drug-likeness (QED) is 0.0120. The zero-order chi connectivity index (χ0) is 63.7. The lowest BCUT2D eigenvalue weighted by molar-refractivity contribution is -0.136. The molecule has 28 heteroatoms. The molecule has 6 aromatic rings. The number of hydrogen-bond acceptors (Lipinski definition) is 15. The summed E-state index contributed by atoms with van der Waals surface area (Å²) >= 11 is 0. The van der Waals surface area contributed by atoms with Crippen molar-refractivity contribution in [2.75, 3.05) is 13.1 Å². The Kier molecular flexibility index (Phi) is 25.3. The standard InChI is InChI=1S/C60H77N17O11/c61-23-7-6-12-42(62)53(82)73-49(28-37-31-69-43-13-5-4-11-41(37)43)58(87)75-47(26-35-15-19-39(78)20-16-35)55(84)71-44(14-8-24-68-60(65)66)54(83)77-50(30-51(63)80)59(88)76-46(25-34-9-2-1-3-10-34)57(86)74-48(27-36-17-21-40(79)22-18-36)56(85)72-45(52(64)81)29-38-32-67-33-70-38/h1-5,9-11,13,15-22,31-33,42,44-50,69,78-79H,6-8,12,14,23-30,61-62H2,(H2,63,80)(H2,64,81)(H,67,70)(H,71,84)(H,72,85)(H,73,82)(H,74,86)(H,75,87)(H,76,88)(H,77,83)(H4,65,66,68)/t42-,44-,45+,46-,47+,48-,49-,50-/m0/s1. The number of carbonyl (C=O) groups is 9. The summed E-state index contributed by atoms with van der Waals surface area (Å²) in [6.45, 7) is 0.405. The van der Waals surface area contributed by atoms with Gasteiger partial charge in [-0.25, -0.2) is 4.98 Å². The van der Waals surface area contributed by atoms with Crippen LogP contribution < -0.4 is 71.2 Å². The Hall–Kier alpha value is -10.4. The number of phenolic OH excluding ortho intramolecular Hbond substituents is 2. The molecule has 6 rings (SSSR count). The summed E-state index contributed by atoms with van der Waals surface area (Å²) in [6, 6.07) is 15.7. The number of nitrogens with two attached hydrogens (primary N) is 5. The predicted molar refractivity (Wildman–Crippen MR) is 325 cm³/mol. The molecule has 4 aromatic carbocycles. The fraction of sp³-hybridized carbons (Fsp3) is 0.350. The van der Waals surface area contributed by atoms with E-state index in [2.05, 4.69) is 57.5 Å². The number of aromatic amines is 2. The zero-order valence-electron chi connectivity index (χ0n) is 48.3. The number of guanidine groups is 1. The highest BCUT2D eigenvalue weighted by atomic mass is 16.3. The van der Waals surface area contributed by atoms with Gasteiger partial charge in [-0.05, 0) is 84.8 Å². The van der Waals surface area contributed by atoms with Gasteiger partial charge < -0.3 is 91.4 Å². The van der Waals surface area contributed by atoms with E-state index < -0.39 is 114 Å². The summed E-state index contributed by atoms with van der Waals surface area (Å²) in [5.41, 5.74) is 32.1. The van der Waals surface area contributed by atoms with Gasteiger partial charge in [0.05, 0.1) is 24.5 Å². The van der Waals surface area contributed by atoms with Crippen LogP contribution in [0.4, 0.5) is 0 Å². The topological polar surface area (TPSA) is 489 Å². The molecule has 0 saturated heterocycles. The van der Waals surface area contributed by atoms with Crippen molar-refractivity contribution in [3.8, 4) is 11.5 Å². The highest BCUT2D eigenvalue weighted by Crippen LogP contribution is 2.21. The van der Waals surface area contributed by atoms with Gasteiger partial charge >= 0.3 is 0 Å². The molecule has 0 aliphatic carbocycles. The summed E-state index contributed by atoms with van der Waals surface area (Å²) < 4.78 is 0. The van der Waals surface area contributed by atoms with Crippen LogP contribution in [0.25, 0.3) is 10.9 Å². The minimum absolute atomic E-state index is 0.0206. The third-order valence-corrected chi connectivity index (χ3v) is 14.3. The van der Waals surface area contributed by atoms with Gasteiger partial charge in [-0.1, -0.05) is 79.2 Å². The van der Waals surface area contributed by atoms with Crippen molar-refractivity contribution < 1.29 is 53.4 Å². The van der Waals surface area contributed by atoms with Crippen LogP contribution >= 0.6 is 0 Å². The number of primary amides is 2. The zero-order valence-corrected chi connectivity index (χ0v) is 48.3. The van der Waals surface area contributed by atoms with E-state index in [0.29, 0.717) is 47.3 Å². The Labute approximate surface area is 506 Å². The van der Waals surface area contributed by atoms with E-state index in [9.17, 15) is 53.4 Å². The summed E-state index contributed by atoms with van der Waals surface area (Å²) in [7, 11) is 0. The normalized spacial score (nSPS) is 13.8. The molecule has 0 saturated carbocycles. The largest absolute Gasteiger partial charge is 0.508 e. The van der Waals surface area contributed by atoms with Crippen molar-refractivity contribution >= 4 is 70.0 Å². The fourth-order valence-corrected chi connectivity index (χ4v) is 9.54. The fourth-order valence-electron chi connectivity index (χ4n) is 9.54. The number of benzene rings is 4. The van der Waals surface area contributed by atoms with Gasteiger partial charge in [-0.15, -0.1) is 0 Å². The number of aromatic hydroxyl groups is 2. The molecule has 0 fully saturated rings. The second-order valence-corrected chi connectivity index (χ2v) is 21.1. The molecule has 2 aromatic heterocycles. The summed E-state index contributed by atoms with van der Waals surface area (Å²) in [5.74, 6) is -8.83. The lowest BCUT2D eigenvalue weighted by Crippen LogP contribution is -2.61. The number of aromatic nitrogens is 3. The third-order valence-electron chi connectivity index (χ3n) is 14.3. The van der Waals surface area contributed by atoms with Crippen LogP contribution in [0, 0.1) is 5.41 Å². The number of rotatable bonds is 35. The van der Waals surface area contributed by atoms with Gasteiger partial charge in [0.25, 0.3) is 0 Å². The van der Waals surface area contributed by atoms with E-state index in [1.165, 1.54) is 61.1 Å². The number of carbonyl (C=O) groups excluding carboxylic acids is 9. The van der Waals surface area contributed by atoms with Crippen LogP contribution in [0.2, 0.25) is 0 Å². The summed E-state index contributed by atoms with van der Waals surface area (Å²) in [6.07, 6.45) is 4.22. The highest BCUT2D eigenvalue weighted by molar-refractivity contribution is 5.99. The van der Waals surface area contributed by atoms with E-state index in [4.69, 9.17) is 34.1 Å². The van der Waals surface area contributed by atoms with Gasteiger partial charge in [0, 0.05) is 61.9 Å². The van der Waals surface area contributed by atoms with Crippen LogP contribution in [0.15, 0.2) is 122 Å². The molecule has 2 heterocycles. The third kappa shape index (κ3) is 21.3. The first kappa shape index (κ1) is 66.8. The van der Waals surface area contributed by atoms with Gasteiger partial charge in [0.2, 0.25) is 53.2 Å². The van der Waals surface area contributed by atoms with Gasteiger partial charge in [-0.3, -0.25) is 48.6 Å². The second kappa shape index (κ2) is 33.4. The molecule has 8 atom stereocenters. The predicted octanol–water partition coefficient (Wildman–Crippen LogP) is -1.71. The number of para-hydroxylation sites is 1. The maximum atomic E-state index is 14.8. The van der Waals surface area contributed by atoms with E-state index >= 15 is 0 Å². The van der Waals surface area contributed by atoms with Crippen molar-refractivity contribution in [1.29, 1.82) is 5.41 Å². The second-order valence-electron chi connectivity index (χ2n) is 21.1. The SMILES string of the molecule is N=C(N)NCCC[C@H](NC(=O)[C@@H](Cc1ccc(O)cc1)NC(=O)[C@H](Cc1c[nH]c2ccccc12)NC(=O)[C@@H](N)CCCCN)C(=O)N[C@@H](CC(N)=O)C(=O)N[C@@H](Cc1ccccc1)C(=O)N[C@@H](Cc1ccc(O)cc1)C(=O)N[C@H](Cc1c[nH]cn1)C(N)=O. The summed E-state index contributed by atoms with van der Waals surface area (Å²) in [4.78, 5) is 137. The van der Waals surface area contributed by atoms with Crippen LogP contribution in [-0.4, -0.2) is 146 Å². The number of H-pyrrole nitrogens is 2. The molecule has 23 N–H and O–H groups in total. The van der Waals surface area contributed by atoms with Crippen molar-refractivity contribution in [3.05, 3.63) is 150 Å². The van der Waals surface area contributed by atoms with E-state index in [-0.39, 0.29) is 69.4 Å². The Morgan fingerprint density at radius 1 is 0.511 bits per heavy atom. The molecule has 28 nitrogen and oxygen atoms in total. The molecule has 0 radical (unpaired) electrons. The first-order chi connectivity index (χ1) is 42.1. The van der Waals surface area contributed by atoms with Crippen LogP contribution in [0.5, 0.6) is 11.5 Å². The van der Waals surface area contributed by atoms with Crippen molar-refractivity contribution in [3.63, 3.8) is 0 Å². The molecule has 0 aliphatic heterocycles. The average molecular weight is 1210 g/mol. The first-order valence-electron chi connectivity index (χ1n) is 28.5. The lowest BCUT2D eigenvalue weighted by atomic mass is 10.0. The molecule has 0 bridgehead atoms. The van der Waals surface area contributed by atoms with E-state index in [0.717, 1.165) is 10.9 Å². The Balaban J connectivity index is 1.28. The lowest BCUT2D eigenvalue weighted by Gasteiger charge is -2.28. The van der Waals surface area contributed by atoms with E-state index in [1.54, 1.807) is 36.5 Å². The Morgan fingerprint density at radius 3 is 1.51 bits per heavy atom. The minimum Gasteiger partial charge on any atom is -0.508 e. The molecular formula is C60H77N17O11. The molecule has 88 heavy (non-hydrogen) atoms. The average Bonchev–Trinajstić information content (AvgIpc) is 2.77. The van der Waals surface area contributed by atoms with Gasteiger partial charge in [0.15, 0.2) is 5.96 Å². The molecule has 0 aliphatic rings. The molecule has 0 spiro atoms. The maximum absolute atomic E-state index is 14.8. The molecular weight excluding hydrogens is 1130 g/mol. The highest BCUT2D eigenvalue weighted by Gasteiger charge is 2.36.